The summed E-state index contributed by atoms with van der Waals surface area (Å²) in [6, 6.07) is 5.47. The molecule has 1 fully saturated rings. The molecule has 0 saturated carbocycles. The minimum atomic E-state index is -0.168. The summed E-state index contributed by atoms with van der Waals surface area (Å²) in [7, 11) is 3.83. The summed E-state index contributed by atoms with van der Waals surface area (Å²) >= 11 is 0. The minimum absolute atomic E-state index is 0.144. The van der Waals surface area contributed by atoms with E-state index in [1.807, 2.05) is 56.1 Å². The third-order valence-corrected chi connectivity index (χ3v) is 5.61. The van der Waals surface area contributed by atoms with Gasteiger partial charge in [0.1, 0.15) is 0 Å². The Labute approximate surface area is 182 Å². The molecular formula is C23H28N6O2. The largest absolute Gasteiger partial charge is 0.351 e. The van der Waals surface area contributed by atoms with Crippen molar-refractivity contribution in [3.05, 3.63) is 53.9 Å². The lowest BCUT2D eigenvalue weighted by Gasteiger charge is -2.35. The van der Waals surface area contributed by atoms with E-state index in [2.05, 4.69) is 15.1 Å². The Morgan fingerprint density at radius 1 is 1.23 bits per heavy atom. The van der Waals surface area contributed by atoms with E-state index >= 15 is 0 Å². The second kappa shape index (κ2) is 8.83. The monoisotopic (exact) mass is 420 g/mol. The number of carbonyl (C=O) groups excluding carboxylic acids is 1. The molecule has 3 aromatic heterocycles. The van der Waals surface area contributed by atoms with Gasteiger partial charge < -0.3 is 14.3 Å². The van der Waals surface area contributed by atoms with E-state index < -0.39 is 0 Å². The highest BCUT2D eigenvalue weighted by molar-refractivity contribution is 5.92. The summed E-state index contributed by atoms with van der Waals surface area (Å²) in [5.41, 5.74) is 3.53. The molecule has 0 aliphatic carbocycles. The van der Waals surface area contributed by atoms with E-state index in [9.17, 15) is 4.79 Å². The van der Waals surface area contributed by atoms with Gasteiger partial charge in [-0.05, 0) is 42.9 Å². The Bertz CT molecular complexity index is 1050. The van der Waals surface area contributed by atoms with Gasteiger partial charge in [0.15, 0.2) is 0 Å². The van der Waals surface area contributed by atoms with Gasteiger partial charge in [-0.25, -0.2) is 9.97 Å². The van der Waals surface area contributed by atoms with E-state index in [0.29, 0.717) is 12.5 Å². The average Bonchev–Trinajstić information content (AvgIpc) is 3.29. The van der Waals surface area contributed by atoms with Gasteiger partial charge in [0.25, 0.3) is 5.91 Å². The number of pyridine rings is 1. The lowest BCUT2D eigenvalue weighted by atomic mass is 9.94. The fraction of sp³-hybridized carbons (Fsp3) is 0.435. The summed E-state index contributed by atoms with van der Waals surface area (Å²) in [5.74, 6) is 0.954. The van der Waals surface area contributed by atoms with Crippen LogP contribution in [-0.4, -0.2) is 51.6 Å². The molecule has 1 aliphatic rings. The number of aromatic nitrogens is 4. The lowest BCUT2D eigenvalue weighted by Crippen LogP contribution is -2.39. The smallest absolute Gasteiger partial charge is 0.293 e. The molecule has 1 aliphatic heterocycles. The fourth-order valence-electron chi connectivity index (χ4n) is 3.87. The van der Waals surface area contributed by atoms with Crippen LogP contribution in [0.3, 0.4) is 0 Å². The van der Waals surface area contributed by atoms with Crippen LogP contribution in [-0.2, 0) is 0 Å². The van der Waals surface area contributed by atoms with Crippen molar-refractivity contribution in [2.45, 2.75) is 45.1 Å². The van der Waals surface area contributed by atoms with Gasteiger partial charge in [0, 0.05) is 50.9 Å². The van der Waals surface area contributed by atoms with Crippen molar-refractivity contribution in [3.63, 3.8) is 0 Å². The van der Waals surface area contributed by atoms with Crippen molar-refractivity contribution in [2.75, 3.05) is 25.5 Å². The highest BCUT2D eigenvalue weighted by Gasteiger charge is 2.34. The molecule has 8 heteroatoms. The van der Waals surface area contributed by atoms with Gasteiger partial charge in [0.2, 0.25) is 11.7 Å². The molecule has 0 unspecified atom stereocenters. The molecule has 31 heavy (non-hydrogen) atoms. The molecule has 0 bridgehead atoms. The minimum Gasteiger partial charge on any atom is -0.351 e. The number of rotatable bonds is 5. The van der Waals surface area contributed by atoms with Crippen LogP contribution in [0.2, 0.25) is 0 Å². The van der Waals surface area contributed by atoms with Gasteiger partial charge in [-0.1, -0.05) is 19.0 Å². The molecule has 8 nitrogen and oxygen atoms in total. The standard InChI is InChI=1S/C23H28N6O2/c1-15(2)18-13-20(31-27-18)22(30)29-12-6-5-7-19(29)21-17(16-8-10-24-11-9-16)14-25-23(26-21)28(3)4/h8-11,13-15,19H,5-7,12H2,1-4H3/t19-/m1/s1. The maximum absolute atomic E-state index is 13.4. The van der Waals surface area contributed by atoms with Crippen molar-refractivity contribution in [2.24, 2.45) is 0 Å². The van der Waals surface area contributed by atoms with Gasteiger partial charge in [-0.15, -0.1) is 0 Å². The van der Waals surface area contributed by atoms with Crippen LogP contribution in [0.5, 0.6) is 0 Å². The molecule has 1 atom stereocenters. The first-order valence-corrected chi connectivity index (χ1v) is 10.7. The number of nitrogens with zero attached hydrogens (tertiary/aromatic N) is 6. The molecule has 162 valence electrons. The number of piperidine rings is 1. The van der Waals surface area contributed by atoms with Crippen molar-refractivity contribution in [1.82, 2.24) is 25.0 Å². The highest BCUT2D eigenvalue weighted by atomic mass is 16.5. The van der Waals surface area contributed by atoms with Crippen LogP contribution in [0.15, 0.2) is 41.3 Å². The van der Waals surface area contributed by atoms with E-state index in [1.165, 1.54) is 0 Å². The Kier molecular flexibility index (Phi) is 5.97. The number of anilines is 1. The second-order valence-electron chi connectivity index (χ2n) is 8.38. The molecular weight excluding hydrogens is 392 g/mol. The zero-order valence-corrected chi connectivity index (χ0v) is 18.4. The van der Waals surface area contributed by atoms with Crippen molar-refractivity contribution in [3.8, 4) is 11.1 Å². The number of hydrogen-bond acceptors (Lipinski definition) is 7. The Balaban J connectivity index is 1.76. The third-order valence-electron chi connectivity index (χ3n) is 5.61. The molecule has 0 radical (unpaired) electrons. The molecule has 1 amide bonds. The molecule has 4 rings (SSSR count). The normalized spacial score (nSPS) is 16.5. The predicted octanol–water partition coefficient (Wildman–Crippen LogP) is 4.08. The predicted molar refractivity (Wildman–Crippen MR) is 118 cm³/mol. The second-order valence-corrected chi connectivity index (χ2v) is 8.38. The fourth-order valence-corrected chi connectivity index (χ4v) is 3.87. The Hall–Kier alpha value is -3.29. The van der Waals surface area contributed by atoms with E-state index in [4.69, 9.17) is 9.51 Å². The van der Waals surface area contributed by atoms with Crippen LogP contribution >= 0.6 is 0 Å². The van der Waals surface area contributed by atoms with E-state index in [-0.39, 0.29) is 23.6 Å². The summed E-state index contributed by atoms with van der Waals surface area (Å²) in [5, 5.41) is 4.07. The number of likely N-dealkylation sites (tertiary alicyclic amines) is 1. The first kappa shape index (κ1) is 21.0. The van der Waals surface area contributed by atoms with Crippen molar-refractivity contribution in [1.29, 1.82) is 0 Å². The molecule has 4 heterocycles. The Morgan fingerprint density at radius 2 is 2.00 bits per heavy atom. The zero-order valence-electron chi connectivity index (χ0n) is 18.4. The van der Waals surface area contributed by atoms with Gasteiger partial charge in [-0.3, -0.25) is 9.78 Å². The van der Waals surface area contributed by atoms with Crippen LogP contribution in [0, 0.1) is 0 Å². The Morgan fingerprint density at radius 3 is 2.68 bits per heavy atom. The van der Waals surface area contributed by atoms with Gasteiger partial charge in [0.05, 0.1) is 17.4 Å². The van der Waals surface area contributed by atoms with Crippen molar-refractivity contribution < 1.29 is 9.32 Å². The summed E-state index contributed by atoms with van der Waals surface area (Å²) in [6.07, 6.45) is 8.16. The van der Waals surface area contributed by atoms with Crippen LogP contribution in [0.1, 0.15) is 67.0 Å². The number of hydrogen-bond donors (Lipinski definition) is 0. The lowest BCUT2D eigenvalue weighted by molar-refractivity contribution is 0.0564. The topological polar surface area (TPSA) is 88.3 Å². The molecule has 1 saturated heterocycles. The first-order valence-electron chi connectivity index (χ1n) is 10.7. The number of carbonyl (C=O) groups is 1. The number of amides is 1. The van der Waals surface area contributed by atoms with Gasteiger partial charge >= 0.3 is 0 Å². The third kappa shape index (κ3) is 4.28. The molecule has 0 spiro atoms. The van der Waals surface area contributed by atoms with Crippen LogP contribution in [0.25, 0.3) is 11.1 Å². The average molecular weight is 421 g/mol. The summed E-state index contributed by atoms with van der Waals surface area (Å²) in [6.45, 7) is 4.71. The first-order chi connectivity index (χ1) is 15.0. The maximum atomic E-state index is 13.4. The zero-order chi connectivity index (χ0) is 22.0. The molecule has 3 aromatic rings. The van der Waals surface area contributed by atoms with Crippen molar-refractivity contribution >= 4 is 11.9 Å². The SMILES string of the molecule is CC(C)c1cc(C(=O)N2CCCC[C@@H]2c2nc(N(C)C)ncc2-c2ccncc2)on1. The van der Waals surface area contributed by atoms with E-state index in [0.717, 1.165) is 41.8 Å². The van der Waals surface area contributed by atoms with Gasteiger partial charge in [-0.2, -0.15) is 0 Å². The summed E-state index contributed by atoms with van der Waals surface area (Å²) in [4.78, 5) is 30.7. The molecule has 0 N–H and O–H groups in total. The molecule has 0 aromatic carbocycles. The maximum Gasteiger partial charge on any atom is 0.293 e. The highest BCUT2D eigenvalue weighted by Crippen LogP contribution is 2.37. The van der Waals surface area contributed by atoms with Crippen LogP contribution < -0.4 is 4.90 Å². The van der Waals surface area contributed by atoms with E-state index in [1.54, 1.807) is 18.5 Å². The van der Waals surface area contributed by atoms with Crippen LogP contribution in [0.4, 0.5) is 5.95 Å². The quantitative estimate of drug-likeness (QED) is 0.614. The summed E-state index contributed by atoms with van der Waals surface area (Å²) < 4.78 is 5.41.